The number of fused-ring (bicyclic) bond motifs is 4. The highest BCUT2D eigenvalue weighted by atomic mass is 32.1. The highest BCUT2D eigenvalue weighted by Crippen LogP contribution is 2.33. The summed E-state index contributed by atoms with van der Waals surface area (Å²) in [6, 6.07) is 19.7. The van der Waals surface area contributed by atoms with E-state index >= 15 is 0 Å². The van der Waals surface area contributed by atoms with Crippen molar-refractivity contribution >= 4 is 37.2 Å². The van der Waals surface area contributed by atoms with Gasteiger partial charge in [-0.25, -0.2) is 0 Å². The minimum atomic E-state index is 0.478. The minimum absolute atomic E-state index is 0.478. The van der Waals surface area contributed by atoms with Crippen molar-refractivity contribution in [2.45, 2.75) is 19.8 Å². The second kappa shape index (κ2) is 5.43. The van der Waals surface area contributed by atoms with Crippen LogP contribution in [-0.2, 0) is 0 Å². The van der Waals surface area contributed by atoms with E-state index in [1.165, 1.54) is 36.9 Å². The summed E-state index contributed by atoms with van der Waals surface area (Å²) in [4.78, 5) is 6.02. The molecule has 122 valence electrons. The van der Waals surface area contributed by atoms with Gasteiger partial charge in [0, 0.05) is 18.0 Å². The van der Waals surface area contributed by atoms with Gasteiger partial charge in [0.25, 0.3) is 0 Å². The van der Waals surface area contributed by atoms with Gasteiger partial charge < -0.3 is 4.40 Å². The molecule has 25 heavy (non-hydrogen) atoms. The van der Waals surface area contributed by atoms with Crippen molar-refractivity contribution in [3.05, 3.63) is 72.6 Å². The number of hydrogen-bond acceptors (Lipinski definition) is 2. The molecular formula is C22H18N2S. The molecule has 0 radical (unpaired) electrons. The number of pyridine rings is 1. The van der Waals surface area contributed by atoms with Crippen LogP contribution in [0.4, 0.5) is 0 Å². The summed E-state index contributed by atoms with van der Waals surface area (Å²) in [5.74, 6) is 0.478. The van der Waals surface area contributed by atoms with Crippen molar-refractivity contribution in [3.63, 3.8) is 0 Å². The van der Waals surface area contributed by atoms with Gasteiger partial charge in [-0.2, -0.15) is 0 Å². The fourth-order valence-electron chi connectivity index (χ4n) is 3.58. The molecule has 0 fully saturated rings. The van der Waals surface area contributed by atoms with Crippen LogP contribution in [0, 0.1) is 0 Å². The lowest BCUT2D eigenvalue weighted by Crippen LogP contribution is -1.93. The van der Waals surface area contributed by atoms with Gasteiger partial charge in [0.15, 0.2) is 0 Å². The Morgan fingerprint density at radius 3 is 2.76 bits per heavy atom. The van der Waals surface area contributed by atoms with Crippen LogP contribution < -0.4 is 0 Å². The number of aromatic nitrogens is 2. The van der Waals surface area contributed by atoms with Gasteiger partial charge in [-0.15, -0.1) is 11.3 Å². The monoisotopic (exact) mass is 342 g/mol. The molecule has 0 atom stereocenters. The Bertz CT molecular complexity index is 1230. The molecule has 3 heterocycles. The molecule has 0 aliphatic heterocycles. The minimum Gasteiger partial charge on any atom is -0.307 e. The highest BCUT2D eigenvalue weighted by Gasteiger charge is 2.11. The maximum Gasteiger partial charge on any atom is 0.100 e. The first-order valence-electron chi connectivity index (χ1n) is 8.59. The van der Waals surface area contributed by atoms with Crippen molar-refractivity contribution in [1.29, 1.82) is 0 Å². The maximum atomic E-state index is 4.76. The molecule has 3 heteroatoms. The normalized spacial score (nSPS) is 12.0. The first-order valence-corrected chi connectivity index (χ1v) is 9.41. The molecule has 3 aromatic heterocycles. The van der Waals surface area contributed by atoms with Crippen LogP contribution >= 0.6 is 11.3 Å². The molecular weight excluding hydrogens is 324 g/mol. The maximum absolute atomic E-state index is 4.76. The number of thiazole rings is 1. The predicted molar refractivity (Wildman–Crippen MR) is 108 cm³/mol. The third-order valence-electron chi connectivity index (χ3n) is 4.84. The van der Waals surface area contributed by atoms with E-state index in [-0.39, 0.29) is 0 Å². The van der Waals surface area contributed by atoms with Gasteiger partial charge in [-0.3, -0.25) is 4.98 Å². The van der Waals surface area contributed by atoms with Gasteiger partial charge >= 0.3 is 0 Å². The van der Waals surface area contributed by atoms with Gasteiger partial charge in [0.05, 0.1) is 15.9 Å². The summed E-state index contributed by atoms with van der Waals surface area (Å²) in [6.07, 6.45) is 4.13. The molecule has 0 bridgehead atoms. The lowest BCUT2D eigenvalue weighted by Gasteiger charge is -2.13. The Hall–Kier alpha value is -2.65. The van der Waals surface area contributed by atoms with E-state index < -0.39 is 0 Å². The second-order valence-electron chi connectivity index (χ2n) is 6.80. The summed E-state index contributed by atoms with van der Waals surface area (Å²) < 4.78 is 3.47. The Morgan fingerprint density at radius 1 is 1.00 bits per heavy atom. The Morgan fingerprint density at radius 2 is 1.88 bits per heavy atom. The molecule has 0 aliphatic rings. The zero-order valence-electron chi connectivity index (χ0n) is 14.2. The summed E-state index contributed by atoms with van der Waals surface area (Å²) in [7, 11) is 0. The van der Waals surface area contributed by atoms with Crippen molar-refractivity contribution in [2.24, 2.45) is 0 Å². The molecule has 0 aliphatic carbocycles. The van der Waals surface area contributed by atoms with Crippen LogP contribution in [0.15, 0.2) is 67.0 Å². The van der Waals surface area contributed by atoms with Crippen LogP contribution in [0.2, 0.25) is 0 Å². The van der Waals surface area contributed by atoms with Crippen molar-refractivity contribution in [2.75, 3.05) is 0 Å². The first kappa shape index (κ1) is 14.7. The fourth-order valence-corrected chi connectivity index (χ4v) is 4.58. The summed E-state index contributed by atoms with van der Waals surface area (Å²) in [5.41, 5.74) is 4.84. The van der Waals surface area contributed by atoms with E-state index in [0.717, 1.165) is 5.69 Å². The van der Waals surface area contributed by atoms with Gasteiger partial charge in [-0.05, 0) is 52.6 Å². The summed E-state index contributed by atoms with van der Waals surface area (Å²) in [6.45, 7) is 4.51. The molecule has 5 aromatic rings. The van der Waals surface area contributed by atoms with Gasteiger partial charge in [-0.1, -0.05) is 38.1 Å². The zero-order chi connectivity index (χ0) is 17.0. The molecule has 0 saturated heterocycles. The second-order valence-corrected chi connectivity index (χ2v) is 7.86. The first-order chi connectivity index (χ1) is 12.2. The van der Waals surface area contributed by atoms with Crippen molar-refractivity contribution < 1.29 is 0 Å². The van der Waals surface area contributed by atoms with E-state index in [0.29, 0.717) is 5.92 Å². The van der Waals surface area contributed by atoms with Crippen LogP contribution in [0.5, 0.6) is 0 Å². The lowest BCUT2D eigenvalue weighted by atomic mass is 9.92. The predicted octanol–water partition coefficient (Wildman–Crippen LogP) is 6.49. The number of benzene rings is 2. The van der Waals surface area contributed by atoms with Crippen molar-refractivity contribution in [1.82, 2.24) is 9.38 Å². The smallest absolute Gasteiger partial charge is 0.100 e. The molecule has 0 amide bonds. The van der Waals surface area contributed by atoms with Crippen LogP contribution in [0.3, 0.4) is 0 Å². The zero-order valence-corrected chi connectivity index (χ0v) is 15.0. The average Bonchev–Trinajstić information content (AvgIpc) is 3.21. The quantitative estimate of drug-likeness (QED) is 0.358. The number of nitrogens with zero attached hydrogens (tertiary/aromatic N) is 2. The Kier molecular flexibility index (Phi) is 3.19. The third-order valence-corrected chi connectivity index (χ3v) is 5.92. The molecule has 2 nitrogen and oxygen atoms in total. The highest BCUT2D eigenvalue weighted by molar-refractivity contribution is 7.23. The van der Waals surface area contributed by atoms with E-state index in [9.17, 15) is 0 Å². The number of hydrogen-bond donors (Lipinski definition) is 0. The van der Waals surface area contributed by atoms with Crippen molar-refractivity contribution in [3.8, 4) is 11.3 Å². The Balaban J connectivity index is 1.78. The fraction of sp³-hybridized carbons (Fsp3) is 0.136. The largest absolute Gasteiger partial charge is 0.307 e. The van der Waals surface area contributed by atoms with E-state index in [1.54, 1.807) is 11.3 Å². The van der Waals surface area contributed by atoms with E-state index in [1.807, 2.05) is 6.20 Å². The molecule has 0 saturated carbocycles. The lowest BCUT2D eigenvalue weighted by molar-refractivity contribution is 0.876. The molecule has 2 aromatic carbocycles. The van der Waals surface area contributed by atoms with Crippen LogP contribution in [0.1, 0.15) is 25.3 Å². The summed E-state index contributed by atoms with van der Waals surface area (Å²) >= 11 is 1.78. The average molecular weight is 342 g/mol. The molecule has 0 unspecified atom stereocenters. The SMILES string of the molecule is CC(C)c1cc(-c2cc3c(cn2)sc2cccn23)cc2ccccc12. The van der Waals surface area contributed by atoms with E-state index in [4.69, 9.17) is 4.98 Å². The summed E-state index contributed by atoms with van der Waals surface area (Å²) in [5, 5.41) is 2.62. The van der Waals surface area contributed by atoms with Crippen LogP contribution in [0.25, 0.3) is 37.1 Å². The van der Waals surface area contributed by atoms with E-state index in [2.05, 4.69) is 79.0 Å². The number of rotatable bonds is 2. The third kappa shape index (κ3) is 2.27. The van der Waals surface area contributed by atoms with Gasteiger partial charge in [0.2, 0.25) is 0 Å². The standard InChI is InChI=1S/C22H18N2S/c1-14(2)18-11-16(10-15-6-3-4-7-17(15)18)19-12-20-21(13-23-19)25-22-8-5-9-24(20)22/h3-14H,1-2H3. The molecule has 0 spiro atoms. The topological polar surface area (TPSA) is 17.3 Å². The Labute approximate surface area is 150 Å². The molecule has 5 rings (SSSR count). The molecule has 0 N–H and O–H groups in total. The van der Waals surface area contributed by atoms with Crippen LogP contribution in [-0.4, -0.2) is 9.38 Å². The van der Waals surface area contributed by atoms with Gasteiger partial charge in [0.1, 0.15) is 4.83 Å².